The summed E-state index contributed by atoms with van der Waals surface area (Å²) in [5.74, 6) is 0.364. The monoisotopic (exact) mass is 343 g/mol. The van der Waals surface area contributed by atoms with Crippen LogP contribution in [0.15, 0.2) is 48.5 Å². The van der Waals surface area contributed by atoms with Crippen LogP contribution in [0.2, 0.25) is 0 Å². The van der Waals surface area contributed by atoms with Crippen molar-refractivity contribution in [3.8, 4) is 11.5 Å². The zero-order chi connectivity index (χ0) is 18.2. The Morgan fingerprint density at radius 3 is 2.40 bits per heavy atom. The summed E-state index contributed by atoms with van der Waals surface area (Å²) < 4.78 is 15.5. The molecule has 2 aromatic rings. The Balaban J connectivity index is 2.04. The summed E-state index contributed by atoms with van der Waals surface area (Å²) in [5, 5.41) is 2.82. The highest BCUT2D eigenvalue weighted by molar-refractivity contribution is 6.05. The lowest BCUT2D eigenvalue weighted by molar-refractivity contribution is -0.147. The molecule has 0 aliphatic rings. The van der Waals surface area contributed by atoms with Crippen molar-refractivity contribution < 1.29 is 23.8 Å². The molecule has 6 heteroatoms. The van der Waals surface area contributed by atoms with Gasteiger partial charge in [-0.25, -0.2) is 4.79 Å². The average Bonchev–Trinajstić information content (AvgIpc) is 2.63. The number of methoxy groups -OCH3 is 1. The van der Waals surface area contributed by atoms with Crippen molar-refractivity contribution in [1.29, 1.82) is 0 Å². The van der Waals surface area contributed by atoms with E-state index >= 15 is 0 Å². The fourth-order valence-corrected chi connectivity index (χ4v) is 2.15. The highest BCUT2D eigenvalue weighted by Crippen LogP contribution is 2.24. The van der Waals surface area contributed by atoms with Gasteiger partial charge in [0, 0.05) is 5.56 Å². The number of benzene rings is 2. The third-order valence-electron chi connectivity index (χ3n) is 3.40. The fourth-order valence-electron chi connectivity index (χ4n) is 2.15. The molecule has 1 amide bonds. The lowest BCUT2D eigenvalue weighted by atomic mass is 10.2. The molecule has 0 aliphatic carbocycles. The van der Waals surface area contributed by atoms with Crippen molar-refractivity contribution in [2.45, 2.75) is 20.0 Å². The van der Waals surface area contributed by atoms with Crippen LogP contribution >= 0.6 is 0 Å². The number of para-hydroxylation sites is 2. The van der Waals surface area contributed by atoms with E-state index in [9.17, 15) is 9.59 Å². The van der Waals surface area contributed by atoms with Gasteiger partial charge >= 0.3 is 5.97 Å². The van der Waals surface area contributed by atoms with Crippen LogP contribution in [-0.4, -0.2) is 31.7 Å². The molecule has 1 N–H and O–H groups in total. The van der Waals surface area contributed by atoms with Crippen LogP contribution in [0.25, 0.3) is 0 Å². The number of nitrogens with one attached hydrogen (secondary N) is 1. The van der Waals surface area contributed by atoms with Crippen LogP contribution in [0.5, 0.6) is 11.5 Å². The number of anilines is 1. The van der Waals surface area contributed by atoms with Gasteiger partial charge in [0.25, 0.3) is 5.91 Å². The third-order valence-corrected chi connectivity index (χ3v) is 3.40. The van der Waals surface area contributed by atoms with E-state index in [0.717, 1.165) is 0 Å². The van der Waals surface area contributed by atoms with E-state index < -0.39 is 12.1 Å². The molecular weight excluding hydrogens is 322 g/mol. The minimum Gasteiger partial charge on any atom is -0.492 e. The number of hydrogen-bond acceptors (Lipinski definition) is 5. The smallest absolute Gasteiger partial charge is 0.346 e. The van der Waals surface area contributed by atoms with Gasteiger partial charge in [0.2, 0.25) is 0 Å². The van der Waals surface area contributed by atoms with Crippen molar-refractivity contribution >= 4 is 17.6 Å². The molecule has 1 atom stereocenters. The Morgan fingerprint density at radius 1 is 1.08 bits per heavy atom. The zero-order valence-electron chi connectivity index (χ0n) is 14.4. The topological polar surface area (TPSA) is 73.9 Å². The molecule has 0 bridgehead atoms. The van der Waals surface area contributed by atoms with E-state index in [-0.39, 0.29) is 5.91 Å². The number of amides is 1. The van der Waals surface area contributed by atoms with Gasteiger partial charge in [-0.05, 0) is 50.2 Å². The van der Waals surface area contributed by atoms with Crippen LogP contribution in [0.1, 0.15) is 24.2 Å². The second kappa shape index (κ2) is 8.73. The van der Waals surface area contributed by atoms with Crippen molar-refractivity contribution in [3.63, 3.8) is 0 Å². The lowest BCUT2D eigenvalue weighted by Crippen LogP contribution is -2.24. The second-order valence-corrected chi connectivity index (χ2v) is 5.19. The van der Waals surface area contributed by atoms with E-state index in [0.29, 0.717) is 29.4 Å². The summed E-state index contributed by atoms with van der Waals surface area (Å²) in [6.07, 6.45) is -0.720. The molecule has 6 nitrogen and oxygen atoms in total. The Kier molecular flexibility index (Phi) is 6.39. The number of ether oxygens (including phenoxy) is 3. The Hall–Kier alpha value is -3.02. The summed E-state index contributed by atoms with van der Waals surface area (Å²) >= 11 is 0. The van der Waals surface area contributed by atoms with Crippen molar-refractivity contribution in [1.82, 2.24) is 0 Å². The Morgan fingerprint density at radius 2 is 1.76 bits per heavy atom. The molecule has 2 rings (SSSR count). The maximum absolute atomic E-state index is 12.4. The third kappa shape index (κ3) is 4.97. The molecule has 2 aromatic carbocycles. The maximum Gasteiger partial charge on any atom is 0.346 e. The molecule has 0 spiro atoms. The average molecular weight is 343 g/mol. The lowest BCUT2D eigenvalue weighted by Gasteiger charge is -2.13. The Labute approximate surface area is 146 Å². The van der Waals surface area contributed by atoms with Crippen LogP contribution in [0.3, 0.4) is 0 Å². The zero-order valence-corrected chi connectivity index (χ0v) is 14.4. The van der Waals surface area contributed by atoms with Crippen LogP contribution < -0.4 is 14.8 Å². The highest BCUT2D eigenvalue weighted by Gasteiger charge is 2.15. The predicted octanol–water partition coefficient (Wildman–Crippen LogP) is 3.28. The number of carbonyl (C=O) groups is 2. The minimum absolute atomic E-state index is 0.264. The van der Waals surface area contributed by atoms with Gasteiger partial charge in [0.15, 0.2) is 6.10 Å². The van der Waals surface area contributed by atoms with Gasteiger partial charge in [0.1, 0.15) is 11.5 Å². The summed E-state index contributed by atoms with van der Waals surface area (Å²) in [5.41, 5.74) is 1.07. The van der Waals surface area contributed by atoms with E-state index in [2.05, 4.69) is 10.1 Å². The first-order chi connectivity index (χ1) is 12.0. The molecular formula is C19H21NO5. The standard InChI is InChI=1S/C19H21NO5/c1-4-24-17-8-6-5-7-16(17)20-18(21)14-9-11-15(12-10-14)25-13(2)19(22)23-3/h5-13H,4H2,1-3H3,(H,20,21)/t13-/m1/s1. The molecule has 0 heterocycles. The SMILES string of the molecule is CCOc1ccccc1NC(=O)c1ccc(O[C@H](C)C(=O)OC)cc1. The fraction of sp³-hybridized carbons (Fsp3) is 0.263. The summed E-state index contributed by atoms with van der Waals surface area (Å²) in [7, 11) is 1.30. The molecule has 132 valence electrons. The van der Waals surface area contributed by atoms with Gasteiger partial charge in [-0.2, -0.15) is 0 Å². The van der Waals surface area contributed by atoms with Crippen LogP contribution in [0, 0.1) is 0 Å². The van der Waals surface area contributed by atoms with Gasteiger partial charge in [0.05, 0.1) is 19.4 Å². The molecule has 0 saturated heterocycles. The highest BCUT2D eigenvalue weighted by atomic mass is 16.6. The first kappa shape index (κ1) is 18.3. The van der Waals surface area contributed by atoms with E-state index in [1.807, 2.05) is 19.1 Å². The maximum atomic E-state index is 12.4. The van der Waals surface area contributed by atoms with Crippen molar-refractivity contribution in [2.75, 3.05) is 19.0 Å². The first-order valence-electron chi connectivity index (χ1n) is 7.93. The van der Waals surface area contributed by atoms with Crippen LogP contribution in [0.4, 0.5) is 5.69 Å². The predicted molar refractivity (Wildman–Crippen MR) is 94.1 cm³/mol. The van der Waals surface area contributed by atoms with Gasteiger partial charge in [-0.3, -0.25) is 4.79 Å². The second-order valence-electron chi connectivity index (χ2n) is 5.19. The van der Waals surface area contributed by atoms with Crippen molar-refractivity contribution in [3.05, 3.63) is 54.1 Å². The molecule has 0 saturated carbocycles. The number of esters is 1. The quantitative estimate of drug-likeness (QED) is 0.781. The largest absolute Gasteiger partial charge is 0.492 e. The molecule has 0 aromatic heterocycles. The molecule has 0 unspecified atom stereocenters. The molecule has 0 aliphatic heterocycles. The normalized spacial score (nSPS) is 11.3. The molecule has 0 fully saturated rings. The first-order valence-corrected chi connectivity index (χ1v) is 7.93. The number of rotatable bonds is 7. The van der Waals surface area contributed by atoms with Crippen LogP contribution in [-0.2, 0) is 9.53 Å². The van der Waals surface area contributed by atoms with Gasteiger partial charge < -0.3 is 19.5 Å². The summed E-state index contributed by atoms with van der Waals surface area (Å²) in [6, 6.07) is 13.7. The van der Waals surface area contributed by atoms with E-state index in [1.165, 1.54) is 7.11 Å². The molecule has 25 heavy (non-hydrogen) atoms. The van der Waals surface area contributed by atoms with E-state index in [4.69, 9.17) is 9.47 Å². The summed E-state index contributed by atoms with van der Waals surface area (Å²) in [4.78, 5) is 23.7. The van der Waals surface area contributed by atoms with Gasteiger partial charge in [-0.15, -0.1) is 0 Å². The Bertz CT molecular complexity index is 727. The van der Waals surface area contributed by atoms with Gasteiger partial charge in [-0.1, -0.05) is 12.1 Å². The number of hydrogen-bond donors (Lipinski definition) is 1. The van der Waals surface area contributed by atoms with E-state index in [1.54, 1.807) is 43.3 Å². The minimum atomic E-state index is -0.720. The van der Waals surface area contributed by atoms with Crippen molar-refractivity contribution in [2.24, 2.45) is 0 Å². The summed E-state index contributed by atoms with van der Waals surface area (Å²) in [6.45, 7) is 3.99. The number of carbonyl (C=O) groups excluding carboxylic acids is 2. The molecule has 0 radical (unpaired) electrons.